The molecule has 1 aliphatic rings. The van der Waals surface area contributed by atoms with E-state index in [9.17, 15) is 16.8 Å². The summed E-state index contributed by atoms with van der Waals surface area (Å²) in [5.41, 5.74) is 5.44. The maximum absolute atomic E-state index is 12.3. The average molecular weight is 312 g/mol. The summed E-state index contributed by atoms with van der Waals surface area (Å²) in [6.07, 6.45) is 6.25. The highest BCUT2D eigenvalue weighted by Crippen LogP contribution is 2.25. The van der Waals surface area contributed by atoms with Crippen molar-refractivity contribution in [3.63, 3.8) is 0 Å². The third-order valence-corrected chi connectivity index (χ3v) is 7.38. The molecule has 0 amide bonds. The van der Waals surface area contributed by atoms with Gasteiger partial charge in [0.25, 0.3) is 0 Å². The van der Waals surface area contributed by atoms with E-state index in [-0.39, 0.29) is 6.04 Å². The quantitative estimate of drug-likeness (QED) is 0.729. The third-order valence-electron chi connectivity index (χ3n) is 3.28. The first kappa shape index (κ1) is 16.9. The van der Waals surface area contributed by atoms with E-state index in [1.165, 1.54) is 4.31 Å². The van der Waals surface area contributed by atoms with Crippen molar-refractivity contribution in [2.45, 2.75) is 44.6 Å². The number of sulfonamides is 1. The fourth-order valence-electron chi connectivity index (χ4n) is 2.50. The van der Waals surface area contributed by atoms with E-state index in [4.69, 9.17) is 5.73 Å². The van der Waals surface area contributed by atoms with Crippen LogP contribution in [0.3, 0.4) is 0 Å². The second kappa shape index (κ2) is 7.01. The first-order valence-corrected chi connectivity index (χ1v) is 10.3. The third kappa shape index (κ3) is 5.76. The highest BCUT2D eigenvalue weighted by atomic mass is 32.3. The summed E-state index contributed by atoms with van der Waals surface area (Å²) in [5.74, 6) is 0. The van der Waals surface area contributed by atoms with Crippen LogP contribution in [-0.2, 0) is 19.9 Å². The lowest BCUT2D eigenvalue weighted by molar-refractivity contribution is 0.253. The molecule has 1 rings (SSSR count). The molecule has 1 fully saturated rings. The summed E-state index contributed by atoms with van der Waals surface area (Å²) in [6.45, 7) is 0.719. The highest BCUT2D eigenvalue weighted by molar-refractivity contribution is 8.06. The zero-order valence-corrected chi connectivity index (χ0v) is 13.0. The Hall–Kier alpha value is -0.180. The number of nitrogens with zero attached hydrogens (tertiary/aromatic N) is 1. The summed E-state index contributed by atoms with van der Waals surface area (Å²) in [5, 5.41) is -0.804. The van der Waals surface area contributed by atoms with Gasteiger partial charge in [0.05, 0.1) is 0 Å². The molecule has 0 aromatic rings. The van der Waals surface area contributed by atoms with Crippen LogP contribution in [0.5, 0.6) is 0 Å². The van der Waals surface area contributed by atoms with Gasteiger partial charge in [-0.2, -0.15) is 4.31 Å². The SMILES string of the molecule is CS(=O)(=O)CS(=O)(=O)N(CCCN)C1CCCCC1. The molecule has 0 aliphatic heterocycles. The van der Waals surface area contributed by atoms with Gasteiger partial charge in [0.15, 0.2) is 14.9 Å². The van der Waals surface area contributed by atoms with E-state index in [0.29, 0.717) is 19.5 Å². The lowest BCUT2D eigenvalue weighted by atomic mass is 9.95. The number of hydrogen-bond acceptors (Lipinski definition) is 5. The summed E-state index contributed by atoms with van der Waals surface area (Å²) in [4.78, 5) is 0. The Kier molecular flexibility index (Phi) is 6.22. The molecular weight excluding hydrogens is 288 g/mol. The number of hydrogen-bond donors (Lipinski definition) is 1. The molecule has 0 spiro atoms. The number of nitrogens with two attached hydrogens (primary N) is 1. The summed E-state index contributed by atoms with van der Waals surface area (Å²) in [7, 11) is -7.31. The lowest BCUT2D eigenvalue weighted by Gasteiger charge is -2.33. The summed E-state index contributed by atoms with van der Waals surface area (Å²) in [6, 6.07) is -0.0629. The van der Waals surface area contributed by atoms with Crippen LogP contribution in [-0.4, -0.2) is 51.6 Å². The molecule has 0 aromatic heterocycles. The average Bonchev–Trinajstić information content (AvgIpc) is 2.27. The smallest absolute Gasteiger partial charge is 0.228 e. The van der Waals surface area contributed by atoms with Crippen LogP contribution in [0.15, 0.2) is 0 Å². The molecule has 8 heteroatoms. The Morgan fingerprint density at radius 3 is 2.16 bits per heavy atom. The Bertz CT molecular complexity index is 467. The largest absolute Gasteiger partial charge is 0.330 e. The molecule has 114 valence electrons. The van der Waals surface area contributed by atoms with Gasteiger partial charge < -0.3 is 5.73 Å². The molecule has 0 aromatic carbocycles. The molecule has 1 saturated carbocycles. The molecule has 19 heavy (non-hydrogen) atoms. The maximum atomic E-state index is 12.3. The molecule has 2 N–H and O–H groups in total. The molecule has 6 nitrogen and oxygen atoms in total. The van der Waals surface area contributed by atoms with Gasteiger partial charge in [-0.1, -0.05) is 19.3 Å². The van der Waals surface area contributed by atoms with Crippen molar-refractivity contribution in [2.24, 2.45) is 5.73 Å². The first-order valence-electron chi connectivity index (χ1n) is 6.63. The van der Waals surface area contributed by atoms with Gasteiger partial charge >= 0.3 is 0 Å². The van der Waals surface area contributed by atoms with Crippen LogP contribution in [0, 0.1) is 0 Å². The number of sulfone groups is 1. The molecule has 1 aliphatic carbocycles. The standard InChI is InChI=1S/C11H24N2O4S2/c1-18(14,15)10-19(16,17)13(9-5-8-12)11-6-3-2-4-7-11/h11H,2-10,12H2,1H3. The van der Waals surface area contributed by atoms with Crippen molar-refractivity contribution in [3.8, 4) is 0 Å². The fraction of sp³-hybridized carbons (Fsp3) is 1.00. The molecule has 0 atom stereocenters. The predicted octanol–water partition coefficient (Wildman–Crippen LogP) is 0.302. The van der Waals surface area contributed by atoms with Crippen LogP contribution in [0.1, 0.15) is 38.5 Å². The van der Waals surface area contributed by atoms with Crippen molar-refractivity contribution < 1.29 is 16.8 Å². The molecule has 0 unspecified atom stereocenters. The van der Waals surface area contributed by atoms with Crippen molar-refractivity contribution in [2.75, 3.05) is 24.4 Å². The van der Waals surface area contributed by atoms with E-state index < -0.39 is 24.9 Å². The normalized spacial score (nSPS) is 18.9. The monoisotopic (exact) mass is 312 g/mol. The van der Waals surface area contributed by atoms with Crippen LogP contribution in [0.4, 0.5) is 0 Å². The van der Waals surface area contributed by atoms with Gasteiger partial charge in [-0.25, -0.2) is 16.8 Å². The zero-order valence-electron chi connectivity index (χ0n) is 11.4. The van der Waals surface area contributed by atoms with E-state index in [1.54, 1.807) is 0 Å². The van der Waals surface area contributed by atoms with Crippen molar-refractivity contribution >= 4 is 19.9 Å². The van der Waals surface area contributed by atoms with Crippen molar-refractivity contribution in [1.29, 1.82) is 0 Å². The summed E-state index contributed by atoms with van der Waals surface area (Å²) >= 11 is 0. The van der Waals surface area contributed by atoms with E-state index in [0.717, 1.165) is 38.4 Å². The minimum Gasteiger partial charge on any atom is -0.330 e. The molecule has 0 saturated heterocycles. The predicted molar refractivity (Wildman–Crippen MR) is 75.9 cm³/mol. The van der Waals surface area contributed by atoms with Crippen molar-refractivity contribution in [1.82, 2.24) is 4.31 Å². The summed E-state index contributed by atoms with van der Waals surface area (Å²) < 4.78 is 48.4. The lowest BCUT2D eigenvalue weighted by Crippen LogP contribution is -2.44. The van der Waals surface area contributed by atoms with Gasteiger partial charge in [-0.15, -0.1) is 0 Å². The molecule has 0 bridgehead atoms. The topological polar surface area (TPSA) is 97.5 Å². The Morgan fingerprint density at radius 2 is 1.68 bits per heavy atom. The first-order chi connectivity index (χ1) is 8.76. The Labute approximate surface area is 116 Å². The second-order valence-electron chi connectivity index (χ2n) is 5.20. The van der Waals surface area contributed by atoms with E-state index >= 15 is 0 Å². The van der Waals surface area contributed by atoms with Crippen LogP contribution in [0.25, 0.3) is 0 Å². The minimum absolute atomic E-state index is 0.0629. The number of rotatable bonds is 7. The second-order valence-corrected chi connectivity index (χ2v) is 9.63. The van der Waals surface area contributed by atoms with Crippen LogP contribution in [0.2, 0.25) is 0 Å². The fourth-order valence-corrected chi connectivity index (χ4v) is 6.28. The highest BCUT2D eigenvalue weighted by Gasteiger charge is 2.32. The zero-order chi connectivity index (χ0) is 14.5. The van der Waals surface area contributed by atoms with Crippen molar-refractivity contribution in [3.05, 3.63) is 0 Å². The van der Waals surface area contributed by atoms with E-state index in [1.807, 2.05) is 0 Å². The van der Waals surface area contributed by atoms with Gasteiger partial charge in [0, 0.05) is 18.8 Å². The maximum Gasteiger partial charge on any atom is 0.228 e. The van der Waals surface area contributed by atoms with E-state index in [2.05, 4.69) is 0 Å². The van der Waals surface area contributed by atoms with Gasteiger partial charge in [0.2, 0.25) is 10.0 Å². The molecule has 0 heterocycles. The Balaban J connectivity index is 2.88. The van der Waals surface area contributed by atoms with Gasteiger partial charge in [-0.05, 0) is 25.8 Å². The minimum atomic E-state index is -3.76. The molecular formula is C11H24N2O4S2. The molecule has 0 radical (unpaired) electrons. The van der Waals surface area contributed by atoms with Gasteiger partial charge in [-0.3, -0.25) is 0 Å². The van der Waals surface area contributed by atoms with Crippen LogP contribution < -0.4 is 5.73 Å². The van der Waals surface area contributed by atoms with Crippen LogP contribution >= 0.6 is 0 Å². The van der Waals surface area contributed by atoms with Gasteiger partial charge in [0.1, 0.15) is 0 Å². The Morgan fingerprint density at radius 1 is 1.11 bits per heavy atom.